The summed E-state index contributed by atoms with van der Waals surface area (Å²) in [5.41, 5.74) is 2.27. The average Bonchev–Trinajstić information content (AvgIpc) is 3.26. The van der Waals surface area contributed by atoms with Crippen LogP contribution in [0, 0.1) is 5.82 Å². The number of benzene rings is 1. The topological polar surface area (TPSA) is 34.0 Å². The number of aromatic nitrogens is 1. The third-order valence-electron chi connectivity index (χ3n) is 4.56. The second kappa shape index (κ2) is 6.22. The summed E-state index contributed by atoms with van der Waals surface area (Å²) in [5.74, 6) is -0.683. The molecule has 3 aromatic rings. The maximum Gasteiger partial charge on any atom is 0.272 e. The minimum atomic E-state index is -0.496. The molecule has 1 aromatic carbocycles. The number of thiophene rings is 1. The van der Waals surface area contributed by atoms with Crippen molar-refractivity contribution in [3.8, 4) is 0 Å². The first-order valence-electron chi connectivity index (χ1n) is 7.98. The Balaban J connectivity index is 1.69. The van der Waals surface area contributed by atoms with Gasteiger partial charge in [-0.3, -0.25) is 4.79 Å². The van der Waals surface area contributed by atoms with E-state index >= 15 is 0 Å². The lowest BCUT2D eigenvalue weighted by molar-refractivity contribution is 0.101. The molecule has 3 nitrogen and oxygen atoms in total. The largest absolute Gasteiger partial charge is 0.333 e. The number of amides is 1. The van der Waals surface area contributed by atoms with Gasteiger partial charge in [0.25, 0.3) is 5.91 Å². The van der Waals surface area contributed by atoms with Gasteiger partial charge in [0.15, 0.2) is 0 Å². The van der Waals surface area contributed by atoms with Crippen LogP contribution < -0.4 is 5.32 Å². The first kappa shape index (κ1) is 15.7. The fourth-order valence-corrected chi connectivity index (χ4v) is 4.44. The van der Waals surface area contributed by atoms with Crippen molar-refractivity contribution >= 4 is 44.7 Å². The van der Waals surface area contributed by atoms with Crippen LogP contribution in [0.3, 0.4) is 0 Å². The monoisotopic (exact) mass is 362 g/mol. The number of halogens is 2. The Kier molecular flexibility index (Phi) is 4.06. The number of anilines is 1. The molecular formula is C18H16ClFN2OS. The summed E-state index contributed by atoms with van der Waals surface area (Å²) >= 11 is 7.43. The highest BCUT2D eigenvalue weighted by Crippen LogP contribution is 2.36. The van der Waals surface area contributed by atoms with Crippen LogP contribution in [-0.2, 0) is 0 Å². The first-order chi connectivity index (χ1) is 11.6. The van der Waals surface area contributed by atoms with Crippen molar-refractivity contribution in [2.75, 3.05) is 5.32 Å². The maximum atomic E-state index is 13.3. The lowest BCUT2D eigenvalue weighted by Gasteiger charge is -2.17. The molecule has 0 bridgehead atoms. The number of rotatable bonds is 3. The molecular weight excluding hydrogens is 347 g/mol. The smallest absolute Gasteiger partial charge is 0.272 e. The number of carbonyl (C=O) groups excluding carboxylic acids is 1. The van der Waals surface area contributed by atoms with E-state index in [9.17, 15) is 9.18 Å². The summed E-state index contributed by atoms with van der Waals surface area (Å²) in [4.78, 5) is 12.8. The molecule has 0 aliphatic heterocycles. The second-order valence-corrected chi connectivity index (χ2v) is 7.45. The van der Waals surface area contributed by atoms with E-state index in [1.807, 2.05) is 6.07 Å². The predicted molar refractivity (Wildman–Crippen MR) is 96.7 cm³/mol. The molecule has 1 N–H and O–H groups in total. The second-order valence-electron chi connectivity index (χ2n) is 6.09. The molecule has 0 atom stereocenters. The van der Waals surface area contributed by atoms with Gasteiger partial charge in [0.1, 0.15) is 11.5 Å². The van der Waals surface area contributed by atoms with E-state index in [1.54, 1.807) is 11.3 Å². The van der Waals surface area contributed by atoms with Crippen LogP contribution in [0.15, 0.2) is 35.7 Å². The van der Waals surface area contributed by atoms with Crippen molar-refractivity contribution in [3.63, 3.8) is 0 Å². The van der Waals surface area contributed by atoms with Gasteiger partial charge in [-0.2, -0.15) is 0 Å². The lowest BCUT2D eigenvalue weighted by Crippen LogP contribution is -2.19. The predicted octanol–water partition coefficient (Wildman–Crippen LogP) is 5.86. The van der Waals surface area contributed by atoms with Gasteiger partial charge in [0, 0.05) is 11.7 Å². The molecule has 0 unspecified atom stereocenters. The maximum absolute atomic E-state index is 13.3. The molecule has 1 fully saturated rings. The normalized spacial score (nSPS) is 15.2. The molecule has 24 heavy (non-hydrogen) atoms. The zero-order chi connectivity index (χ0) is 16.7. The Labute approximate surface area is 148 Å². The SMILES string of the molecule is O=C(Nc1ccc(F)c(Cl)c1)c1cc2sccc2n1C1CCCC1. The highest BCUT2D eigenvalue weighted by atomic mass is 35.5. The number of hydrogen-bond acceptors (Lipinski definition) is 2. The van der Waals surface area contributed by atoms with Crippen LogP contribution in [0.5, 0.6) is 0 Å². The Morgan fingerprint density at radius 1 is 1.25 bits per heavy atom. The van der Waals surface area contributed by atoms with Crippen molar-refractivity contribution in [1.82, 2.24) is 4.57 Å². The van der Waals surface area contributed by atoms with Gasteiger partial charge in [-0.1, -0.05) is 24.4 Å². The van der Waals surface area contributed by atoms with Crippen LogP contribution in [0.25, 0.3) is 10.2 Å². The van der Waals surface area contributed by atoms with Crippen LogP contribution in [0.1, 0.15) is 42.2 Å². The van der Waals surface area contributed by atoms with Gasteiger partial charge in [-0.25, -0.2) is 4.39 Å². The van der Waals surface area contributed by atoms with Gasteiger partial charge in [0.05, 0.1) is 15.2 Å². The van der Waals surface area contributed by atoms with Gasteiger partial charge in [-0.15, -0.1) is 11.3 Å². The standard InChI is InChI=1S/C18H16ClFN2OS/c19-13-9-11(5-6-14(13)20)21-18(23)16-10-17-15(7-8-24-17)22(16)12-3-1-2-4-12/h5-10,12H,1-4H2,(H,21,23). The van der Waals surface area contributed by atoms with E-state index in [2.05, 4.69) is 21.3 Å². The van der Waals surface area contributed by atoms with Gasteiger partial charge in [-0.05, 0) is 48.6 Å². The Hall–Kier alpha value is -1.85. The molecule has 2 heterocycles. The average molecular weight is 363 g/mol. The van der Waals surface area contributed by atoms with Gasteiger partial charge < -0.3 is 9.88 Å². The van der Waals surface area contributed by atoms with Gasteiger partial charge >= 0.3 is 0 Å². The molecule has 0 spiro atoms. The minimum absolute atomic E-state index is 0.0000381. The van der Waals surface area contributed by atoms with E-state index in [1.165, 1.54) is 31.0 Å². The number of hydrogen-bond donors (Lipinski definition) is 1. The molecule has 6 heteroatoms. The highest BCUT2D eigenvalue weighted by molar-refractivity contribution is 7.17. The van der Waals surface area contributed by atoms with E-state index in [-0.39, 0.29) is 10.9 Å². The summed E-state index contributed by atoms with van der Waals surface area (Å²) < 4.78 is 16.6. The quantitative estimate of drug-likeness (QED) is 0.621. The number of fused-ring (bicyclic) bond motifs is 1. The fourth-order valence-electron chi connectivity index (χ4n) is 3.44. The van der Waals surface area contributed by atoms with Crippen LogP contribution in [-0.4, -0.2) is 10.5 Å². The molecule has 4 rings (SSSR count). The highest BCUT2D eigenvalue weighted by Gasteiger charge is 2.25. The van der Waals surface area contributed by atoms with Crippen molar-refractivity contribution < 1.29 is 9.18 Å². The third-order valence-corrected chi connectivity index (χ3v) is 5.70. The molecule has 124 valence electrons. The van der Waals surface area contributed by atoms with E-state index in [4.69, 9.17) is 11.6 Å². The molecule has 2 aromatic heterocycles. The summed E-state index contributed by atoms with van der Waals surface area (Å²) in [5, 5.41) is 4.89. The number of carbonyl (C=O) groups is 1. The fraction of sp³-hybridized carbons (Fsp3) is 0.278. The van der Waals surface area contributed by atoms with E-state index < -0.39 is 5.82 Å². The summed E-state index contributed by atoms with van der Waals surface area (Å²) in [6.45, 7) is 0. The van der Waals surface area contributed by atoms with Crippen molar-refractivity contribution in [2.45, 2.75) is 31.7 Å². The van der Waals surface area contributed by atoms with E-state index in [0.717, 1.165) is 23.1 Å². The number of nitrogens with zero attached hydrogens (tertiary/aromatic N) is 1. The first-order valence-corrected chi connectivity index (χ1v) is 9.24. The van der Waals surface area contributed by atoms with Gasteiger partial charge in [0.2, 0.25) is 0 Å². The van der Waals surface area contributed by atoms with Crippen molar-refractivity contribution in [1.29, 1.82) is 0 Å². The molecule has 1 amide bonds. The van der Waals surface area contributed by atoms with Crippen LogP contribution >= 0.6 is 22.9 Å². The van der Waals surface area contributed by atoms with Crippen LogP contribution in [0.4, 0.5) is 10.1 Å². The molecule has 1 saturated carbocycles. The summed E-state index contributed by atoms with van der Waals surface area (Å²) in [6, 6.07) is 8.59. The summed E-state index contributed by atoms with van der Waals surface area (Å²) in [6.07, 6.45) is 4.59. The minimum Gasteiger partial charge on any atom is -0.333 e. The Bertz CT molecular complexity index is 911. The molecule has 1 aliphatic rings. The van der Waals surface area contributed by atoms with Crippen molar-refractivity contribution in [3.05, 3.63) is 52.2 Å². The molecule has 0 radical (unpaired) electrons. The lowest BCUT2D eigenvalue weighted by atomic mass is 10.2. The zero-order valence-electron chi connectivity index (χ0n) is 12.9. The third kappa shape index (κ3) is 2.72. The Morgan fingerprint density at radius 3 is 2.79 bits per heavy atom. The number of nitrogens with one attached hydrogen (secondary N) is 1. The Morgan fingerprint density at radius 2 is 2.04 bits per heavy atom. The zero-order valence-corrected chi connectivity index (χ0v) is 14.5. The summed E-state index contributed by atoms with van der Waals surface area (Å²) in [7, 11) is 0. The van der Waals surface area contributed by atoms with Crippen molar-refractivity contribution in [2.24, 2.45) is 0 Å². The van der Waals surface area contributed by atoms with Crippen LogP contribution in [0.2, 0.25) is 5.02 Å². The van der Waals surface area contributed by atoms with E-state index in [0.29, 0.717) is 17.4 Å². The molecule has 0 saturated heterocycles. The molecule has 1 aliphatic carbocycles.